The minimum Gasteiger partial charge on any atom is -0.481 e. The second-order valence-electron chi connectivity index (χ2n) is 20.9. The summed E-state index contributed by atoms with van der Waals surface area (Å²) in [7, 11) is 0. The summed E-state index contributed by atoms with van der Waals surface area (Å²) in [5.74, 6) is -1.76. The fraction of sp³-hybridized carbons (Fsp3) is 0.739. The van der Waals surface area contributed by atoms with Crippen molar-refractivity contribution in [1.82, 2.24) is 5.32 Å². The Bertz CT molecular complexity index is 1800. The number of allylic oxidation sites excluding steroid dienone is 1. The normalized spacial score (nSPS) is 40.5. The molecule has 5 saturated carbocycles. The average Bonchev–Trinajstić information content (AvgIpc) is 3.41. The Hall–Kier alpha value is -3.07. The first kappa shape index (κ1) is 40.1. The van der Waals surface area contributed by atoms with Gasteiger partial charge in [0, 0.05) is 29.4 Å². The molecule has 0 unspecified atom stereocenters. The minimum absolute atomic E-state index is 0.0145. The molecule has 55 heavy (non-hydrogen) atoms. The first-order valence-corrected chi connectivity index (χ1v) is 21.0. The van der Waals surface area contributed by atoms with Crippen LogP contribution in [0.25, 0.3) is 0 Å². The van der Waals surface area contributed by atoms with E-state index in [-0.39, 0.29) is 70.2 Å². The number of hydrogen-bond donors (Lipinski definition) is 3. The molecule has 0 saturated heterocycles. The number of aliphatic hydroxyl groups excluding tert-OH is 1. The number of carboxylic acids is 1. The summed E-state index contributed by atoms with van der Waals surface area (Å²) >= 11 is 0. The van der Waals surface area contributed by atoms with Gasteiger partial charge >= 0.3 is 11.9 Å². The van der Waals surface area contributed by atoms with E-state index in [1.165, 1.54) is 24.3 Å². The molecular weight excluding hydrogens is 698 g/mol. The van der Waals surface area contributed by atoms with Gasteiger partial charge in [0.2, 0.25) is 0 Å². The van der Waals surface area contributed by atoms with Crippen LogP contribution in [0.1, 0.15) is 137 Å². The summed E-state index contributed by atoms with van der Waals surface area (Å²) in [5.41, 5.74) is 0.652. The zero-order chi connectivity index (χ0) is 40.3. The van der Waals surface area contributed by atoms with Crippen molar-refractivity contribution in [3.05, 3.63) is 46.8 Å². The Morgan fingerprint density at radius 2 is 1.53 bits per heavy atom. The van der Waals surface area contributed by atoms with E-state index >= 15 is 0 Å². The van der Waals surface area contributed by atoms with E-state index in [0.717, 1.165) is 56.1 Å². The maximum Gasteiger partial charge on any atom is 0.309 e. The van der Waals surface area contributed by atoms with Crippen LogP contribution in [0.15, 0.2) is 35.4 Å². The van der Waals surface area contributed by atoms with E-state index in [1.807, 2.05) is 13.8 Å². The molecule has 11 atom stereocenters. The average molecular weight is 762 g/mol. The van der Waals surface area contributed by atoms with Crippen LogP contribution in [0.2, 0.25) is 0 Å². The quantitative estimate of drug-likeness (QED) is 0.227. The number of esters is 1. The van der Waals surface area contributed by atoms with Crippen LogP contribution in [0.3, 0.4) is 0 Å². The molecule has 0 bridgehead atoms. The maximum absolute atomic E-state index is 14.0. The molecule has 1 amide bonds. The highest BCUT2D eigenvalue weighted by Crippen LogP contribution is 2.77. The molecule has 5 fully saturated rings. The Morgan fingerprint density at radius 1 is 0.855 bits per heavy atom. The summed E-state index contributed by atoms with van der Waals surface area (Å²) in [6.07, 6.45) is 6.75. The topological polar surface area (TPSA) is 130 Å². The van der Waals surface area contributed by atoms with Gasteiger partial charge in [-0.15, -0.1) is 0 Å². The van der Waals surface area contributed by atoms with Crippen LogP contribution >= 0.6 is 0 Å². The van der Waals surface area contributed by atoms with Crippen molar-refractivity contribution in [2.75, 3.05) is 6.54 Å². The largest absolute Gasteiger partial charge is 0.481 e. The SMILES string of the molecule is CC(C)C1=C2[C@H]3CC[C@@H]4[C@@]5(C)CC[C@H](OC(=O)[C@H]6C[C@@H](C(=O)O)C6(C)C)C(C)(C)[C@@H]5CC[C@@]4(C)[C@]3(C)CC[C@@]2([C@@H](O)CNC(=O)c2ccc(F)cc2)CC1=O. The number of ether oxygens (including phenoxy) is 1. The molecule has 7 rings (SSSR count). The van der Waals surface area contributed by atoms with Gasteiger partial charge in [0.25, 0.3) is 5.91 Å². The number of rotatable bonds is 8. The van der Waals surface area contributed by atoms with Crippen LogP contribution in [-0.4, -0.2) is 52.6 Å². The van der Waals surface area contributed by atoms with E-state index in [2.05, 4.69) is 53.8 Å². The van der Waals surface area contributed by atoms with Gasteiger partial charge in [-0.2, -0.15) is 0 Å². The van der Waals surface area contributed by atoms with Crippen LogP contribution in [-0.2, 0) is 19.1 Å². The van der Waals surface area contributed by atoms with Crippen LogP contribution in [0.5, 0.6) is 0 Å². The molecule has 6 aliphatic rings. The number of amides is 1. The molecule has 1 aromatic carbocycles. The molecule has 302 valence electrons. The molecule has 0 radical (unpaired) electrons. The third-order valence-electron chi connectivity index (χ3n) is 17.7. The third kappa shape index (κ3) is 5.73. The Morgan fingerprint density at radius 3 is 2.15 bits per heavy atom. The van der Waals surface area contributed by atoms with Gasteiger partial charge in [0.1, 0.15) is 11.9 Å². The van der Waals surface area contributed by atoms with E-state index in [0.29, 0.717) is 30.2 Å². The number of aliphatic carboxylic acids is 1. The Kier molecular flexibility index (Phi) is 9.66. The predicted octanol–water partition coefficient (Wildman–Crippen LogP) is 8.56. The van der Waals surface area contributed by atoms with Gasteiger partial charge in [-0.25, -0.2) is 4.39 Å². The highest BCUT2D eigenvalue weighted by molar-refractivity contribution is 6.01. The number of fused-ring (bicyclic) bond motifs is 7. The summed E-state index contributed by atoms with van der Waals surface area (Å²) in [6, 6.07) is 5.37. The highest BCUT2D eigenvalue weighted by atomic mass is 19.1. The molecule has 8 nitrogen and oxygen atoms in total. The molecule has 9 heteroatoms. The monoisotopic (exact) mass is 761 g/mol. The molecule has 3 N–H and O–H groups in total. The van der Waals surface area contributed by atoms with Gasteiger partial charge in [0.15, 0.2) is 5.78 Å². The lowest BCUT2D eigenvalue weighted by molar-refractivity contribution is -0.238. The zero-order valence-corrected chi connectivity index (χ0v) is 34.5. The lowest BCUT2D eigenvalue weighted by atomic mass is 9.33. The molecule has 1 aromatic rings. The lowest BCUT2D eigenvalue weighted by Crippen LogP contribution is -2.66. The van der Waals surface area contributed by atoms with Crippen molar-refractivity contribution in [1.29, 1.82) is 0 Å². The van der Waals surface area contributed by atoms with Crippen LogP contribution < -0.4 is 5.32 Å². The van der Waals surface area contributed by atoms with Crippen molar-refractivity contribution in [3.63, 3.8) is 0 Å². The van der Waals surface area contributed by atoms with E-state index in [9.17, 15) is 33.8 Å². The van der Waals surface area contributed by atoms with Gasteiger partial charge in [0.05, 0.1) is 17.9 Å². The summed E-state index contributed by atoms with van der Waals surface area (Å²) in [4.78, 5) is 52.4. The van der Waals surface area contributed by atoms with Gasteiger partial charge in [-0.1, -0.05) is 67.9 Å². The lowest BCUT2D eigenvalue weighted by Gasteiger charge is -2.72. The van der Waals surface area contributed by atoms with E-state index in [1.54, 1.807) is 0 Å². The first-order valence-electron chi connectivity index (χ1n) is 21.0. The second-order valence-corrected chi connectivity index (χ2v) is 20.9. The van der Waals surface area contributed by atoms with Crippen molar-refractivity contribution < 1.29 is 38.5 Å². The zero-order valence-electron chi connectivity index (χ0n) is 34.5. The van der Waals surface area contributed by atoms with Crippen LogP contribution in [0, 0.1) is 73.8 Å². The van der Waals surface area contributed by atoms with Crippen molar-refractivity contribution in [2.24, 2.45) is 68.0 Å². The number of benzene rings is 1. The molecule has 6 aliphatic carbocycles. The summed E-state index contributed by atoms with van der Waals surface area (Å²) in [5, 5.41) is 24.6. The van der Waals surface area contributed by atoms with Gasteiger partial charge in [-0.05, 0) is 133 Å². The van der Waals surface area contributed by atoms with E-state index < -0.39 is 40.6 Å². The number of Topliss-reactive ketones (excluding diaryl/α,β-unsaturated/α-hetero) is 1. The fourth-order valence-corrected chi connectivity index (χ4v) is 14.3. The van der Waals surface area contributed by atoms with Crippen LogP contribution in [0.4, 0.5) is 4.39 Å². The first-order chi connectivity index (χ1) is 25.6. The fourth-order valence-electron chi connectivity index (χ4n) is 14.3. The van der Waals surface area contributed by atoms with E-state index in [4.69, 9.17) is 4.74 Å². The third-order valence-corrected chi connectivity index (χ3v) is 17.7. The second kappa shape index (κ2) is 13.2. The number of hydrogen-bond acceptors (Lipinski definition) is 6. The van der Waals surface area contributed by atoms with Gasteiger partial charge in [-0.3, -0.25) is 19.2 Å². The molecule has 0 aliphatic heterocycles. The number of carbonyl (C=O) groups excluding carboxylic acids is 3. The summed E-state index contributed by atoms with van der Waals surface area (Å²) < 4.78 is 19.9. The highest BCUT2D eigenvalue weighted by Gasteiger charge is 2.71. The molecular formula is C46H64FNO7. The maximum atomic E-state index is 14.0. The number of halogens is 1. The number of ketones is 1. The standard InChI is InChI=1S/C46H64FNO7/c1-25(2)36-31(49)23-46(34(50)24-48-38(51)26-10-12-27(47)13-11-26)21-20-44(8)28(37(36)46)14-15-33-43(7)18-17-35(42(5,6)32(43)16-19-45(33,44)9)55-40(54)30-22-29(39(52)53)41(30,3)4/h10-13,25,28-30,32-35,50H,14-24H2,1-9H3,(H,48,51)(H,52,53)/t28-,29+,30-,32+,33-,34+,35+,43+,44-,45-,46+/m1/s1. The van der Waals surface area contributed by atoms with Gasteiger partial charge < -0.3 is 20.3 Å². The Labute approximate surface area is 326 Å². The predicted molar refractivity (Wildman–Crippen MR) is 207 cm³/mol. The number of carboxylic acid groups (broad SMARTS) is 1. The van der Waals surface area contributed by atoms with Crippen molar-refractivity contribution >= 4 is 23.6 Å². The summed E-state index contributed by atoms with van der Waals surface area (Å²) in [6.45, 7) is 20.0. The number of nitrogens with one attached hydrogen (secondary N) is 1. The number of carbonyl (C=O) groups is 4. The smallest absolute Gasteiger partial charge is 0.309 e. The minimum atomic E-state index is -0.935. The number of aliphatic hydroxyl groups is 1. The molecule has 0 heterocycles. The molecule has 0 spiro atoms. The Balaban J connectivity index is 1.13. The van der Waals surface area contributed by atoms with Crippen molar-refractivity contribution in [2.45, 2.75) is 139 Å². The molecule has 0 aromatic heterocycles. The van der Waals surface area contributed by atoms with Crippen molar-refractivity contribution in [3.8, 4) is 0 Å².